The maximum atomic E-state index is 11.8. The van der Waals surface area contributed by atoms with E-state index >= 15 is 0 Å². The van der Waals surface area contributed by atoms with Crippen molar-refractivity contribution in [2.45, 2.75) is 38.8 Å². The summed E-state index contributed by atoms with van der Waals surface area (Å²) in [5.41, 5.74) is 0. The molecule has 0 aromatic rings. The van der Waals surface area contributed by atoms with Gasteiger partial charge < -0.3 is 9.64 Å². The van der Waals surface area contributed by atoms with Crippen LogP contribution in [0.3, 0.4) is 0 Å². The highest BCUT2D eigenvalue weighted by atomic mass is 16.5. The second-order valence-electron chi connectivity index (χ2n) is 4.61. The molecule has 1 saturated heterocycles. The first kappa shape index (κ1) is 11.4. The maximum Gasteiger partial charge on any atom is 0.327 e. The lowest BCUT2D eigenvalue weighted by molar-refractivity contribution is -0.126. The standard InChI is InChI=1S/C11H18N2O3/c1-8(2)16-6-5-12-10(14)7-13(11(12)15)9-3-4-9/h8-9H,3-7H2,1-2H3. The molecule has 0 aromatic carbocycles. The number of imide groups is 1. The molecule has 0 N–H and O–H groups in total. The molecule has 1 aliphatic carbocycles. The molecule has 3 amide bonds. The van der Waals surface area contributed by atoms with Gasteiger partial charge in [-0.25, -0.2) is 4.79 Å². The number of rotatable bonds is 5. The zero-order valence-corrected chi connectivity index (χ0v) is 9.81. The van der Waals surface area contributed by atoms with E-state index in [4.69, 9.17) is 4.74 Å². The summed E-state index contributed by atoms with van der Waals surface area (Å²) in [6.07, 6.45) is 2.21. The molecule has 0 spiro atoms. The van der Waals surface area contributed by atoms with E-state index in [0.717, 1.165) is 12.8 Å². The second-order valence-corrected chi connectivity index (χ2v) is 4.61. The van der Waals surface area contributed by atoms with E-state index in [0.29, 0.717) is 19.2 Å². The van der Waals surface area contributed by atoms with Gasteiger partial charge in [0.25, 0.3) is 0 Å². The lowest BCUT2D eigenvalue weighted by Crippen LogP contribution is -2.36. The largest absolute Gasteiger partial charge is 0.377 e. The fourth-order valence-corrected chi connectivity index (χ4v) is 1.83. The SMILES string of the molecule is CC(C)OCCN1C(=O)CN(C2CC2)C1=O. The monoisotopic (exact) mass is 226 g/mol. The van der Waals surface area contributed by atoms with E-state index < -0.39 is 0 Å². The van der Waals surface area contributed by atoms with Gasteiger partial charge in [-0.2, -0.15) is 0 Å². The van der Waals surface area contributed by atoms with Crippen molar-refractivity contribution >= 4 is 11.9 Å². The van der Waals surface area contributed by atoms with Crippen molar-refractivity contribution in [1.82, 2.24) is 9.80 Å². The van der Waals surface area contributed by atoms with Gasteiger partial charge in [-0.3, -0.25) is 9.69 Å². The van der Waals surface area contributed by atoms with Crippen molar-refractivity contribution in [3.8, 4) is 0 Å². The fraction of sp³-hybridized carbons (Fsp3) is 0.818. The highest BCUT2D eigenvalue weighted by molar-refractivity contribution is 6.02. The Labute approximate surface area is 95.3 Å². The number of amides is 3. The van der Waals surface area contributed by atoms with Crippen molar-refractivity contribution in [2.24, 2.45) is 0 Å². The van der Waals surface area contributed by atoms with Crippen LogP contribution in [0.4, 0.5) is 4.79 Å². The highest BCUT2D eigenvalue weighted by Crippen LogP contribution is 2.30. The summed E-state index contributed by atoms with van der Waals surface area (Å²) < 4.78 is 5.35. The molecule has 0 radical (unpaired) electrons. The molecule has 0 atom stereocenters. The number of carbonyl (C=O) groups excluding carboxylic acids is 2. The van der Waals surface area contributed by atoms with Gasteiger partial charge in [-0.05, 0) is 26.7 Å². The minimum atomic E-state index is -0.139. The molecular weight excluding hydrogens is 208 g/mol. The van der Waals surface area contributed by atoms with Gasteiger partial charge in [0.15, 0.2) is 0 Å². The Morgan fingerprint density at radius 3 is 2.62 bits per heavy atom. The summed E-state index contributed by atoms with van der Waals surface area (Å²) in [4.78, 5) is 26.4. The summed E-state index contributed by atoms with van der Waals surface area (Å²) >= 11 is 0. The van der Waals surface area contributed by atoms with Gasteiger partial charge in [-0.15, -0.1) is 0 Å². The molecule has 2 rings (SSSR count). The fourth-order valence-electron chi connectivity index (χ4n) is 1.83. The molecule has 16 heavy (non-hydrogen) atoms. The van der Waals surface area contributed by atoms with E-state index in [1.807, 2.05) is 13.8 Å². The Morgan fingerprint density at radius 1 is 1.38 bits per heavy atom. The summed E-state index contributed by atoms with van der Waals surface area (Å²) in [6, 6.07) is 0.173. The van der Waals surface area contributed by atoms with E-state index in [1.165, 1.54) is 4.90 Å². The summed E-state index contributed by atoms with van der Waals surface area (Å²) in [6.45, 7) is 4.92. The third-order valence-corrected chi connectivity index (χ3v) is 2.84. The average molecular weight is 226 g/mol. The van der Waals surface area contributed by atoms with Crippen LogP contribution < -0.4 is 0 Å². The molecule has 0 bridgehead atoms. The van der Waals surface area contributed by atoms with Crippen LogP contribution >= 0.6 is 0 Å². The number of nitrogens with zero attached hydrogens (tertiary/aromatic N) is 2. The Kier molecular flexibility index (Phi) is 3.14. The molecule has 0 unspecified atom stereocenters. The van der Waals surface area contributed by atoms with E-state index in [-0.39, 0.29) is 24.6 Å². The zero-order valence-electron chi connectivity index (χ0n) is 9.81. The van der Waals surface area contributed by atoms with Gasteiger partial charge in [0.05, 0.1) is 19.3 Å². The van der Waals surface area contributed by atoms with Crippen molar-refractivity contribution in [1.29, 1.82) is 0 Å². The van der Waals surface area contributed by atoms with Crippen LogP contribution in [0.1, 0.15) is 26.7 Å². The van der Waals surface area contributed by atoms with Gasteiger partial charge in [-0.1, -0.05) is 0 Å². The van der Waals surface area contributed by atoms with Gasteiger partial charge in [0.2, 0.25) is 5.91 Å². The number of ether oxygens (including phenoxy) is 1. The predicted octanol–water partition coefficient (Wildman–Crippen LogP) is 0.838. The molecule has 90 valence electrons. The van der Waals surface area contributed by atoms with Crippen LogP contribution in [0.5, 0.6) is 0 Å². The molecule has 2 aliphatic rings. The Hall–Kier alpha value is -1.10. The first-order valence-corrected chi connectivity index (χ1v) is 5.82. The number of carbonyl (C=O) groups is 2. The lowest BCUT2D eigenvalue weighted by atomic mass is 10.5. The first-order valence-electron chi connectivity index (χ1n) is 5.82. The quantitative estimate of drug-likeness (QED) is 0.653. The normalized spacial score (nSPS) is 21.4. The second kappa shape index (κ2) is 4.41. The minimum Gasteiger partial charge on any atom is -0.377 e. The zero-order chi connectivity index (χ0) is 11.7. The van der Waals surface area contributed by atoms with Crippen molar-refractivity contribution in [2.75, 3.05) is 19.7 Å². The number of hydrogen-bond donors (Lipinski definition) is 0. The van der Waals surface area contributed by atoms with Crippen LogP contribution in [0.15, 0.2) is 0 Å². The Balaban J connectivity index is 1.84. The molecule has 0 aromatic heterocycles. The maximum absolute atomic E-state index is 11.8. The number of hydrogen-bond acceptors (Lipinski definition) is 3. The minimum absolute atomic E-state index is 0.0933. The van der Waals surface area contributed by atoms with Gasteiger partial charge in [0.1, 0.15) is 6.54 Å². The van der Waals surface area contributed by atoms with E-state index in [2.05, 4.69) is 0 Å². The molecule has 2 fully saturated rings. The Morgan fingerprint density at radius 2 is 2.06 bits per heavy atom. The van der Waals surface area contributed by atoms with Crippen LogP contribution in [0, 0.1) is 0 Å². The van der Waals surface area contributed by atoms with Gasteiger partial charge >= 0.3 is 6.03 Å². The van der Waals surface area contributed by atoms with E-state index in [9.17, 15) is 9.59 Å². The highest BCUT2D eigenvalue weighted by Gasteiger charge is 2.43. The van der Waals surface area contributed by atoms with Crippen LogP contribution in [-0.4, -0.2) is 53.6 Å². The first-order chi connectivity index (χ1) is 7.59. The third kappa shape index (κ3) is 2.35. The molecule has 5 heteroatoms. The molecule has 5 nitrogen and oxygen atoms in total. The Bertz CT molecular complexity index is 300. The molecule has 1 saturated carbocycles. The van der Waals surface area contributed by atoms with E-state index in [1.54, 1.807) is 4.90 Å². The summed E-state index contributed by atoms with van der Waals surface area (Å²) in [5.74, 6) is -0.0933. The average Bonchev–Trinajstić information content (AvgIpc) is 2.99. The van der Waals surface area contributed by atoms with Crippen LogP contribution in [0.25, 0.3) is 0 Å². The molecular formula is C11H18N2O3. The molecule has 1 heterocycles. The lowest BCUT2D eigenvalue weighted by Gasteiger charge is -2.17. The summed E-state index contributed by atoms with van der Waals surface area (Å²) in [7, 11) is 0. The van der Waals surface area contributed by atoms with Crippen LogP contribution in [-0.2, 0) is 9.53 Å². The smallest absolute Gasteiger partial charge is 0.327 e. The van der Waals surface area contributed by atoms with Crippen LogP contribution in [0.2, 0.25) is 0 Å². The molecule has 1 aliphatic heterocycles. The van der Waals surface area contributed by atoms with Crippen molar-refractivity contribution in [3.05, 3.63) is 0 Å². The predicted molar refractivity (Wildman–Crippen MR) is 57.9 cm³/mol. The topological polar surface area (TPSA) is 49.9 Å². The summed E-state index contributed by atoms with van der Waals surface area (Å²) in [5, 5.41) is 0. The number of urea groups is 1. The van der Waals surface area contributed by atoms with Crippen molar-refractivity contribution < 1.29 is 14.3 Å². The third-order valence-electron chi connectivity index (χ3n) is 2.84. The van der Waals surface area contributed by atoms with Gasteiger partial charge in [0, 0.05) is 6.04 Å². The van der Waals surface area contributed by atoms with Crippen molar-refractivity contribution in [3.63, 3.8) is 0 Å².